The molecule has 4 nitrogen and oxygen atoms in total. The molecule has 0 saturated carbocycles. The van der Waals surface area contributed by atoms with Crippen molar-refractivity contribution in [1.82, 2.24) is 20.1 Å². The molecule has 0 fully saturated rings. The number of nitrogens with one attached hydrogen (secondary N) is 1. The van der Waals surface area contributed by atoms with Crippen LogP contribution in [0.2, 0.25) is 0 Å². The van der Waals surface area contributed by atoms with E-state index < -0.39 is 0 Å². The van der Waals surface area contributed by atoms with Crippen LogP contribution >= 0.6 is 0 Å². The Kier molecular flexibility index (Phi) is 4.90. The van der Waals surface area contributed by atoms with E-state index in [-0.39, 0.29) is 0 Å². The van der Waals surface area contributed by atoms with Gasteiger partial charge in [0.15, 0.2) is 0 Å². The first-order chi connectivity index (χ1) is 9.63. The summed E-state index contributed by atoms with van der Waals surface area (Å²) in [4.78, 5) is 4.58. The monoisotopic (exact) mass is 272 g/mol. The molecule has 4 heteroatoms. The molecule has 2 heterocycles. The molecule has 0 spiro atoms. The van der Waals surface area contributed by atoms with Crippen LogP contribution in [0.4, 0.5) is 0 Å². The van der Waals surface area contributed by atoms with Gasteiger partial charge in [-0.3, -0.25) is 9.67 Å². The second-order valence-electron chi connectivity index (χ2n) is 5.15. The molecule has 1 unspecified atom stereocenters. The van der Waals surface area contributed by atoms with Gasteiger partial charge in [0.2, 0.25) is 0 Å². The van der Waals surface area contributed by atoms with Crippen molar-refractivity contribution in [3.8, 4) is 0 Å². The lowest BCUT2D eigenvalue weighted by molar-refractivity contribution is 0.544. The molecule has 0 aliphatic rings. The van der Waals surface area contributed by atoms with Gasteiger partial charge < -0.3 is 5.32 Å². The molecule has 20 heavy (non-hydrogen) atoms. The first-order valence-electron chi connectivity index (χ1n) is 7.32. The molecule has 0 aliphatic carbocycles. The van der Waals surface area contributed by atoms with E-state index in [0.29, 0.717) is 6.04 Å². The smallest absolute Gasteiger partial charge is 0.0522 e. The second-order valence-corrected chi connectivity index (χ2v) is 5.15. The van der Waals surface area contributed by atoms with Gasteiger partial charge in [-0.1, -0.05) is 13.0 Å². The predicted octanol–water partition coefficient (Wildman–Crippen LogP) is 2.81. The highest BCUT2D eigenvalue weighted by Crippen LogP contribution is 2.21. The number of likely N-dealkylation sites (N-methyl/N-ethyl adjacent to an activating group) is 1. The van der Waals surface area contributed by atoms with Gasteiger partial charge in [-0.25, -0.2) is 0 Å². The van der Waals surface area contributed by atoms with Crippen molar-refractivity contribution in [3.05, 3.63) is 47.0 Å². The Morgan fingerprint density at radius 2 is 2.05 bits per heavy atom. The molecule has 0 saturated heterocycles. The lowest BCUT2D eigenvalue weighted by Crippen LogP contribution is -2.24. The van der Waals surface area contributed by atoms with Crippen LogP contribution < -0.4 is 5.32 Å². The van der Waals surface area contributed by atoms with Crippen LogP contribution in [0.5, 0.6) is 0 Å². The van der Waals surface area contributed by atoms with E-state index >= 15 is 0 Å². The van der Waals surface area contributed by atoms with Crippen LogP contribution in [0.15, 0.2) is 24.5 Å². The van der Waals surface area contributed by atoms with Crippen molar-refractivity contribution >= 4 is 0 Å². The minimum Gasteiger partial charge on any atom is -0.310 e. The highest BCUT2D eigenvalue weighted by molar-refractivity contribution is 5.27. The van der Waals surface area contributed by atoms with Gasteiger partial charge in [0.25, 0.3) is 0 Å². The van der Waals surface area contributed by atoms with E-state index in [0.717, 1.165) is 30.9 Å². The first-order valence-corrected chi connectivity index (χ1v) is 7.32. The van der Waals surface area contributed by atoms with Gasteiger partial charge in [-0.2, -0.15) is 5.10 Å². The maximum absolute atomic E-state index is 4.58. The van der Waals surface area contributed by atoms with Gasteiger partial charge in [-0.15, -0.1) is 0 Å². The molecule has 2 aromatic heterocycles. The summed E-state index contributed by atoms with van der Waals surface area (Å²) in [7, 11) is 0. The average molecular weight is 272 g/mol. The summed E-state index contributed by atoms with van der Waals surface area (Å²) in [6.45, 7) is 10.2. The lowest BCUT2D eigenvalue weighted by atomic mass is 9.99. The van der Waals surface area contributed by atoms with Crippen LogP contribution in [0.1, 0.15) is 42.4 Å². The number of hydrogen-bond acceptors (Lipinski definition) is 3. The summed E-state index contributed by atoms with van der Waals surface area (Å²) in [5.74, 6) is 0. The number of hydrogen-bond donors (Lipinski definition) is 1. The highest BCUT2D eigenvalue weighted by Gasteiger charge is 2.15. The van der Waals surface area contributed by atoms with E-state index in [4.69, 9.17) is 0 Å². The number of pyridine rings is 1. The molecule has 0 radical (unpaired) electrons. The maximum atomic E-state index is 4.58. The third-order valence-corrected chi connectivity index (χ3v) is 3.54. The highest BCUT2D eigenvalue weighted by atomic mass is 15.3. The van der Waals surface area contributed by atoms with Crippen molar-refractivity contribution < 1.29 is 0 Å². The molecule has 1 atom stereocenters. The number of aryl methyl sites for hydroxylation is 3. The van der Waals surface area contributed by atoms with E-state index in [9.17, 15) is 0 Å². The Labute approximate surface area is 121 Å². The molecule has 2 rings (SSSR count). The molecule has 0 aromatic carbocycles. The van der Waals surface area contributed by atoms with Crippen molar-refractivity contribution in [2.75, 3.05) is 6.54 Å². The zero-order chi connectivity index (χ0) is 14.5. The Hall–Kier alpha value is -1.68. The van der Waals surface area contributed by atoms with Crippen LogP contribution in [0.25, 0.3) is 0 Å². The Balaban J connectivity index is 2.21. The fourth-order valence-electron chi connectivity index (χ4n) is 2.52. The topological polar surface area (TPSA) is 42.7 Å². The summed E-state index contributed by atoms with van der Waals surface area (Å²) < 4.78 is 1.97. The van der Waals surface area contributed by atoms with Crippen LogP contribution in [-0.4, -0.2) is 21.3 Å². The summed E-state index contributed by atoms with van der Waals surface area (Å²) in [6.07, 6.45) is 5.03. The van der Waals surface area contributed by atoms with E-state index in [2.05, 4.69) is 54.5 Å². The Bertz CT molecular complexity index is 559. The normalized spacial score (nSPS) is 12.6. The molecule has 0 amide bonds. The maximum Gasteiger partial charge on any atom is 0.0522 e. The molecular weight excluding hydrogens is 248 g/mol. The standard InChI is InChI=1S/C16H24N4/c1-5-17-16(9-14-10-18-20(6-2)11-14)15-8-7-12(3)19-13(15)4/h7-8,10-11,16-17H,5-6,9H2,1-4H3. The van der Waals surface area contributed by atoms with Crippen molar-refractivity contribution in [2.24, 2.45) is 0 Å². The number of aromatic nitrogens is 3. The molecule has 0 bridgehead atoms. The molecular formula is C16H24N4. The molecule has 2 aromatic rings. The van der Waals surface area contributed by atoms with Crippen molar-refractivity contribution in [2.45, 2.75) is 46.7 Å². The van der Waals surface area contributed by atoms with Gasteiger partial charge in [0, 0.05) is 30.2 Å². The Morgan fingerprint density at radius 1 is 1.25 bits per heavy atom. The van der Waals surface area contributed by atoms with Crippen molar-refractivity contribution in [1.29, 1.82) is 0 Å². The second kappa shape index (κ2) is 6.66. The summed E-state index contributed by atoms with van der Waals surface area (Å²) >= 11 is 0. The average Bonchev–Trinajstić information content (AvgIpc) is 2.86. The van der Waals surface area contributed by atoms with Crippen molar-refractivity contribution in [3.63, 3.8) is 0 Å². The van der Waals surface area contributed by atoms with Crippen LogP contribution in [-0.2, 0) is 13.0 Å². The SMILES string of the molecule is CCNC(Cc1cnn(CC)c1)c1ccc(C)nc1C. The number of nitrogens with zero attached hydrogens (tertiary/aromatic N) is 3. The molecule has 0 aliphatic heterocycles. The largest absolute Gasteiger partial charge is 0.310 e. The Morgan fingerprint density at radius 3 is 2.65 bits per heavy atom. The van der Waals surface area contributed by atoms with Gasteiger partial charge >= 0.3 is 0 Å². The van der Waals surface area contributed by atoms with E-state index in [1.165, 1.54) is 11.1 Å². The summed E-state index contributed by atoms with van der Waals surface area (Å²) in [6, 6.07) is 4.57. The van der Waals surface area contributed by atoms with Gasteiger partial charge in [0.1, 0.15) is 0 Å². The lowest BCUT2D eigenvalue weighted by Gasteiger charge is -2.19. The molecule has 108 valence electrons. The number of rotatable bonds is 6. The summed E-state index contributed by atoms with van der Waals surface area (Å²) in [5, 5.41) is 7.91. The molecule has 1 N–H and O–H groups in total. The van der Waals surface area contributed by atoms with Gasteiger partial charge in [-0.05, 0) is 50.9 Å². The zero-order valence-electron chi connectivity index (χ0n) is 12.8. The van der Waals surface area contributed by atoms with E-state index in [1.54, 1.807) is 0 Å². The third kappa shape index (κ3) is 3.45. The van der Waals surface area contributed by atoms with Crippen LogP contribution in [0.3, 0.4) is 0 Å². The fourth-order valence-corrected chi connectivity index (χ4v) is 2.52. The quantitative estimate of drug-likeness (QED) is 0.879. The minimum atomic E-state index is 0.294. The predicted molar refractivity (Wildman–Crippen MR) is 81.7 cm³/mol. The van der Waals surface area contributed by atoms with E-state index in [1.807, 2.05) is 17.8 Å². The van der Waals surface area contributed by atoms with Crippen LogP contribution in [0, 0.1) is 13.8 Å². The fraction of sp³-hybridized carbons (Fsp3) is 0.500. The summed E-state index contributed by atoms with van der Waals surface area (Å²) in [5.41, 5.74) is 4.72. The third-order valence-electron chi connectivity index (χ3n) is 3.54. The van der Waals surface area contributed by atoms with Gasteiger partial charge in [0.05, 0.1) is 6.20 Å². The zero-order valence-corrected chi connectivity index (χ0v) is 12.8. The minimum absolute atomic E-state index is 0.294. The first kappa shape index (κ1) is 14.7.